The van der Waals surface area contributed by atoms with Crippen LogP contribution in [0.15, 0.2) is 83.1 Å². The molecule has 0 radical (unpaired) electrons. The van der Waals surface area contributed by atoms with Gasteiger partial charge in [-0.05, 0) is 60.9 Å². The number of amidine groups is 1. The summed E-state index contributed by atoms with van der Waals surface area (Å²) in [7, 11) is 0. The van der Waals surface area contributed by atoms with E-state index in [4.69, 9.17) is 10.1 Å². The smallest absolute Gasteiger partial charge is 0.288 e. The van der Waals surface area contributed by atoms with E-state index < -0.39 is 11.9 Å². The average Bonchev–Trinajstić information content (AvgIpc) is 3.29. The minimum atomic E-state index is -0.760. The Bertz CT molecular complexity index is 1200. The summed E-state index contributed by atoms with van der Waals surface area (Å²) in [5, 5.41) is 17.7. The lowest BCUT2D eigenvalue weighted by atomic mass is 9.97. The van der Waals surface area contributed by atoms with Crippen molar-refractivity contribution in [3.63, 3.8) is 0 Å². The number of hydrogen-bond acceptors (Lipinski definition) is 6. The average molecular weight is 457 g/mol. The number of ether oxygens (including phenoxy) is 1. The van der Waals surface area contributed by atoms with Gasteiger partial charge in [-0.1, -0.05) is 24.8 Å². The molecule has 3 aliphatic rings. The van der Waals surface area contributed by atoms with Gasteiger partial charge in [0.2, 0.25) is 5.91 Å². The third-order valence-electron chi connectivity index (χ3n) is 6.20. The van der Waals surface area contributed by atoms with E-state index >= 15 is 0 Å². The Kier molecular flexibility index (Phi) is 5.77. The summed E-state index contributed by atoms with van der Waals surface area (Å²) >= 11 is 0. The number of fused-ring (bicyclic) bond motifs is 1. The minimum Gasteiger partial charge on any atom is -0.457 e. The van der Waals surface area contributed by atoms with Gasteiger partial charge in [0, 0.05) is 19.1 Å². The number of hydrogen-bond donors (Lipinski definition) is 2. The van der Waals surface area contributed by atoms with Gasteiger partial charge in [-0.2, -0.15) is 0 Å². The van der Waals surface area contributed by atoms with Gasteiger partial charge in [0.05, 0.1) is 11.3 Å². The number of rotatable bonds is 5. The van der Waals surface area contributed by atoms with Crippen LogP contribution in [0.25, 0.3) is 5.70 Å². The maximum atomic E-state index is 12.8. The number of azo groups is 1. The zero-order valence-corrected chi connectivity index (χ0v) is 18.5. The number of para-hydroxylation sites is 1. The molecule has 3 heterocycles. The zero-order chi connectivity index (χ0) is 23.7. The third kappa shape index (κ3) is 4.01. The van der Waals surface area contributed by atoms with Crippen molar-refractivity contribution in [1.29, 1.82) is 5.41 Å². The fourth-order valence-corrected chi connectivity index (χ4v) is 4.58. The second-order valence-corrected chi connectivity index (χ2v) is 8.32. The predicted molar refractivity (Wildman–Crippen MR) is 126 cm³/mol. The number of carbonyl (C=O) groups excluding carboxylic acids is 2. The standard InChI is InChI=1S/C25H24N6O3/c1-2-20(32)30-14-6-7-17(15-30)31-23-21(24(26)27-28-25(23)33)22(29-31)16-10-12-19(13-11-16)34-18-8-4-3-5-9-18/h2-5,8-13,17,23,26,29H,1,6-7,14-15H2/t17-,23?/m1/s1. The van der Waals surface area contributed by atoms with Crippen LogP contribution in [0.2, 0.25) is 0 Å². The van der Waals surface area contributed by atoms with E-state index in [0.717, 1.165) is 24.2 Å². The second-order valence-electron chi connectivity index (χ2n) is 8.32. The van der Waals surface area contributed by atoms with E-state index in [1.807, 2.05) is 59.6 Å². The molecule has 1 fully saturated rings. The molecular formula is C25H24N6O3. The summed E-state index contributed by atoms with van der Waals surface area (Å²) in [6, 6.07) is 16.1. The van der Waals surface area contributed by atoms with Crippen LogP contribution in [0.3, 0.4) is 0 Å². The summed E-state index contributed by atoms with van der Waals surface area (Å²) < 4.78 is 5.88. The largest absolute Gasteiger partial charge is 0.457 e. The van der Waals surface area contributed by atoms with Gasteiger partial charge in [-0.3, -0.25) is 15.0 Å². The van der Waals surface area contributed by atoms with E-state index in [2.05, 4.69) is 22.2 Å². The molecule has 2 amide bonds. The molecule has 9 heteroatoms. The molecule has 2 atom stereocenters. The van der Waals surface area contributed by atoms with E-state index in [9.17, 15) is 9.59 Å². The van der Waals surface area contributed by atoms with E-state index in [-0.39, 0.29) is 17.8 Å². The monoisotopic (exact) mass is 456 g/mol. The first kappa shape index (κ1) is 21.7. The Morgan fingerprint density at radius 3 is 2.59 bits per heavy atom. The van der Waals surface area contributed by atoms with Crippen molar-refractivity contribution in [2.24, 2.45) is 10.2 Å². The number of nitrogens with one attached hydrogen (secondary N) is 2. The Labute approximate surface area is 196 Å². The number of piperidine rings is 1. The highest BCUT2D eigenvalue weighted by molar-refractivity contribution is 6.13. The summed E-state index contributed by atoms with van der Waals surface area (Å²) in [6.07, 6.45) is 2.91. The number of hydrazine groups is 1. The lowest BCUT2D eigenvalue weighted by molar-refractivity contribution is -0.129. The molecule has 0 aromatic heterocycles. The third-order valence-corrected chi connectivity index (χ3v) is 6.20. The number of nitrogens with zero attached hydrogens (tertiary/aromatic N) is 4. The molecule has 0 saturated carbocycles. The van der Waals surface area contributed by atoms with Gasteiger partial charge in [0.25, 0.3) is 5.91 Å². The van der Waals surface area contributed by atoms with Crippen LogP contribution >= 0.6 is 0 Å². The van der Waals surface area contributed by atoms with Gasteiger partial charge in [-0.25, -0.2) is 5.01 Å². The van der Waals surface area contributed by atoms with Crippen molar-refractivity contribution >= 4 is 23.3 Å². The molecule has 2 aromatic carbocycles. The molecule has 5 rings (SSSR count). The van der Waals surface area contributed by atoms with Gasteiger partial charge < -0.3 is 15.1 Å². The number of carbonyl (C=O) groups is 2. The highest BCUT2D eigenvalue weighted by atomic mass is 16.5. The normalized spacial score (nSPS) is 22.4. The summed E-state index contributed by atoms with van der Waals surface area (Å²) in [5.41, 5.74) is 5.28. The lowest BCUT2D eigenvalue weighted by Crippen LogP contribution is -2.57. The maximum absolute atomic E-state index is 12.8. The summed E-state index contributed by atoms with van der Waals surface area (Å²) in [6.45, 7) is 4.69. The Hall–Kier alpha value is -4.11. The first-order valence-electron chi connectivity index (χ1n) is 11.1. The summed E-state index contributed by atoms with van der Waals surface area (Å²) in [5.74, 6) is 0.804. The maximum Gasteiger partial charge on any atom is 0.288 e. The van der Waals surface area contributed by atoms with E-state index in [1.165, 1.54) is 6.08 Å². The van der Waals surface area contributed by atoms with E-state index in [1.54, 1.807) is 4.90 Å². The first-order chi connectivity index (χ1) is 16.5. The van der Waals surface area contributed by atoms with Crippen LogP contribution in [-0.4, -0.2) is 52.7 Å². The molecule has 2 N–H and O–H groups in total. The molecule has 9 nitrogen and oxygen atoms in total. The molecular weight excluding hydrogens is 432 g/mol. The Morgan fingerprint density at radius 1 is 1.12 bits per heavy atom. The quantitative estimate of drug-likeness (QED) is 0.669. The number of likely N-dealkylation sites (tertiary alicyclic amines) is 1. The molecule has 0 aliphatic carbocycles. The second kappa shape index (κ2) is 9.03. The van der Waals surface area contributed by atoms with Crippen molar-refractivity contribution in [2.45, 2.75) is 24.9 Å². The van der Waals surface area contributed by atoms with Crippen LogP contribution < -0.4 is 10.2 Å². The van der Waals surface area contributed by atoms with Crippen molar-refractivity contribution in [1.82, 2.24) is 15.3 Å². The number of amides is 2. The van der Waals surface area contributed by atoms with Crippen LogP contribution in [-0.2, 0) is 9.59 Å². The lowest BCUT2D eigenvalue weighted by Gasteiger charge is -2.39. The van der Waals surface area contributed by atoms with Crippen molar-refractivity contribution < 1.29 is 14.3 Å². The minimum absolute atomic E-state index is 0.0472. The molecule has 1 unspecified atom stereocenters. The molecule has 34 heavy (non-hydrogen) atoms. The van der Waals surface area contributed by atoms with Gasteiger partial charge >= 0.3 is 0 Å². The molecule has 3 aliphatic heterocycles. The SMILES string of the molecule is C=CC(=O)N1CCC[C@@H](N2NC(c3ccc(Oc4ccccc4)cc3)=C3C(=N)N=NC(=O)C32)C1. The predicted octanol–water partition coefficient (Wildman–Crippen LogP) is 3.53. The Balaban J connectivity index is 1.43. The molecule has 0 bridgehead atoms. The van der Waals surface area contributed by atoms with Crippen molar-refractivity contribution in [3.8, 4) is 11.5 Å². The van der Waals surface area contributed by atoms with Gasteiger partial charge in [0.15, 0.2) is 5.84 Å². The molecule has 172 valence electrons. The van der Waals surface area contributed by atoms with E-state index in [0.29, 0.717) is 30.1 Å². The number of benzene rings is 2. The van der Waals surface area contributed by atoms with Gasteiger partial charge in [-0.15, -0.1) is 10.2 Å². The van der Waals surface area contributed by atoms with Crippen LogP contribution in [0.5, 0.6) is 11.5 Å². The first-order valence-corrected chi connectivity index (χ1v) is 11.1. The molecule has 1 saturated heterocycles. The fraction of sp³-hybridized carbons (Fsp3) is 0.240. The van der Waals surface area contributed by atoms with Gasteiger partial charge in [0.1, 0.15) is 17.5 Å². The van der Waals surface area contributed by atoms with Crippen LogP contribution in [0.1, 0.15) is 18.4 Å². The molecule has 2 aromatic rings. The van der Waals surface area contributed by atoms with Crippen LogP contribution in [0.4, 0.5) is 0 Å². The fourth-order valence-electron chi connectivity index (χ4n) is 4.58. The zero-order valence-electron chi connectivity index (χ0n) is 18.5. The van der Waals surface area contributed by atoms with Crippen molar-refractivity contribution in [2.75, 3.05) is 13.1 Å². The van der Waals surface area contributed by atoms with Crippen LogP contribution in [0, 0.1) is 5.41 Å². The topological polar surface area (TPSA) is 110 Å². The van der Waals surface area contributed by atoms with Crippen molar-refractivity contribution in [3.05, 3.63) is 78.4 Å². The summed E-state index contributed by atoms with van der Waals surface area (Å²) in [4.78, 5) is 26.7. The molecule has 0 spiro atoms. The Morgan fingerprint density at radius 2 is 1.85 bits per heavy atom. The highest BCUT2D eigenvalue weighted by Gasteiger charge is 2.46. The highest BCUT2D eigenvalue weighted by Crippen LogP contribution is 2.35.